The summed E-state index contributed by atoms with van der Waals surface area (Å²) in [6.45, 7) is 0. The number of aryl methyl sites for hydroxylation is 1. The van der Waals surface area contributed by atoms with Crippen molar-refractivity contribution in [2.45, 2.75) is 25.2 Å². The van der Waals surface area contributed by atoms with Crippen molar-refractivity contribution in [2.24, 2.45) is 0 Å². The summed E-state index contributed by atoms with van der Waals surface area (Å²) in [5.74, 6) is 0.912. The second-order valence-electron chi connectivity index (χ2n) is 4.83. The van der Waals surface area contributed by atoms with Gasteiger partial charge < -0.3 is 4.74 Å². The number of carbonyl (C=O) groups is 1. The lowest BCUT2D eigenvalue weighted by atomic mass is 9.80. The normalized spacial score (nSPS) is 17.8. The molecule has 1 unspecified atom stereocenters. The molecule has 0 amide bonds. The van der Waals surface area contributed by atoms with Crippen LogP contribution in [0.4, 0.5) is 0 Å². The molecule has 0 radical (unpaired) electrons. The van der Waals surface area contributed by atoms with E-state index in [1.54, 1.807) is 7.11 Å². The number of Topliss-reactive ketones (excluding diaryl/α,β-unsaturated/α-hetero) is 1. The van der Waals surface area contributed by atoms with E-state index >= 15 is 0 Å². The lowest BCUT2D eigenvalue weighted by Gasteiger charge is -2.24. The molecule has 0 spiro atoms. The topological polar surface area (TPSA) is 26.3 Å². The van der Waals surface area contributed by atoms with Gasteiger partial charge in [0.2, 0.25) is 0 Å². The smallest absolute Gasteiger partial charge is 0.183 e. The summed E-state index contributed by atoms with van der Waals surface area (Å²) < 4.78 is 5.27. The summed E-state index contributed by atoms with van der Waals surface area (Å²) >= 11 is 1.48. The molecule has 1 atom stereocenters. The van der Waals surface area contributed by atoms with Gasteiger partial charge in [0, 0.05) is 5.92 Å². The molecule has 1 aliphatic carbocycles. The maximum Gasteiger partial charge on any atom is 0.183 e. The zero-order valence-corrected chi connectivity index (χ0v) is 11.7. The summed E-state index contributed by atoms with van der Waals surface area (Å²) in [5, 5.41) is 1.92. The summed E-state index contributed by atoms with van der Waals surface area (Å²) in [7, 11) is 1.62. The molecule has 0 aliphatic heterocycles. The van der Waals surface area contributed by atoms with Crippen LogP contribution in [-0.4, -0.2) is 12.9 Å². The molecule has 0 bridgehead atoms. The second kappa shape index (κ2) is 5.17. The molecule has 3 rings (SSSR count). The summed E-state index contributed by atoms with van der Waals surface area (Å²) in [6.07, 6.45) is 3.11. The van der Waals surface area contributed by atoms with Crippen LogP contribution in [0.15, 0.2) is 35.7 Å². The number of hydrogen-bond donors (Lipinski definition) is 0. The Bertz CT molecular complexity index is 600. The fourth-order valence-electron chi connectivity index (χ4n) is 2.82. The first-order valence-electron chi connectivity index (χ1n) is 6.54. The lowest BCUT2D eigenvalue weighted by Crippen LogP contribution is -2.18. The van der Waals surface area contributed by atoms with Gasteiger partial charge in [0.05, 0.1) is 7.11 Å². The molecule has 2 nitrogen and oxygen atoms in total. The number of thiophene rings is 1. The minimum Gasteiger partial charge on any atom is -0.495 e. The monoisotopic (exact) mass is 272 g/mol. The highest BCUT2D eigenvalue weighted by molar-refractivity contribution is 7.12. The third-order valence-corrected chi connectivity index (χ3v) is 4.67. The van der Waals surface area contributed by atoms with Gasteiger partial charge in [0.1, 0.15) is 10.6 Å². The van der Waals surface area contributed by atoms with Crippen LogP contribution in [0.3, 0.4) is 0 Å². The predicted molar refractivity (Wildman–Crippen MR) is 77.3 cm³/mol. The Morgan fingerprint density at radius 3 is 3.00 bits per heavy atom. The van der Waals surface area contributed by atoms with Crippen molar-refractivity contribution < 1.29 is 9.53 Å². The summed E-state index contributed by atoms with van der Waals surface area (Å²) in [4.78, 5) is 13.5. The van der Waals surface area contributed by atoms with Crippen LogP contribution in [0.2, 0.25) is 0 Å². The first-order valence-corrected chi connectivity index (χ1v) is 7.42. The van der Waals surface area contributed by atoms with E-state index in [1.807, 2.05) is 17.5 Å². The largest absolute Gasteiger partial charge is 0.495 e. The van der Waals surface area contributed by atoms with Crippen molar-refractivity contribution in [1.82, 2.24) is 0 Å². The van der Waals surface area contributed by atoms with E-state index in [0.29, 0.717) is 5.75 Å². The van der Waals surface area contributed by atoms with Crippen molar-refractivity contribution in [2.75, 3.05) is 7.11 Å². The average Bonchev–Trinajstić information content (AvgIpc) is 2.94. The van der Waals surface area contributed by atoms with Gasteiger partial charge in [0.25, 0.3) is 0 Å². The van der Waals surface area contributed by atoms with E-state index in [0.717, 1.165) is 24.1 Å². The molecular formula is C16H16O2S. The van der Waals surface area contributed by atoms with E-state index in [1.165, 1.54) is 22.5 Å². The molecule has 0 saturated carbocycles. The van der Waals surface area contributed by atoms with Gasteiger partial charge in [-0.3, -0.25) is 4.79 Å². The zero-order chi connectivity index (χ0) is 13.2. The fourth-order valence-corrected chi connectivity index (χ4v) is 3.68. The molecule has 0 saturated heterocycles. The van der Waals surface area contributed by atoms with E-state index in [2.05, 4.69) is 18.2 Å². The minimum atomic E-state index is -0.00231. The first kappa shape index (κ1) is 12.4. The number of methoxy groups -OCH3 is 1. The van der Waals surface area contributed by atoms with Gasteiger partial charge in [-0.05, 0) is 41.8 Å². The van der Waals surface area contributed by atoms with Crippen LogP contribution in [0.5, 0.6) is 5.75 Å². The predicted octanol–water partition coefficient (Wildman–Crippen LogP) is 4.06. The van der Waals surface area contributed by atoms with Gasteiger partial charge in [-0.25, -0.2) is 0 Å². The number of rotatable bonds is 3. The fraction of sp³-hybridized carbons (Fsp3) is 0.312. The van der Waals surface area contributed by atoms with Crippen LogP contribution in [0.25, 0.3) is 0 Å². The first-order chi connectivity index (χ1) is 9.31. The standard InChI is InChI=1S/C16H16O2S/c1-18-14-9-10-19-16(14)15(17)13-8-4-6-11-5-2-3-7-12(11)13/h2-3,5,7,9-10,13H,4,6,8H2,1H3. The highest BCUT2D eigenvalue weighted by Gasteiger charge is 2.29. The van der Waals surface area contributed by atoms with E-state index < -0.39 is 0 Å². The molecule has 1 aromatic carbocycles. The van der Waals surface area contributed by atoms with Crippen molar-refractivity contribution >= 4 is 17.1 Å². The molecule has 98 valence electrons. The molecule has 1 aliphatic rings. The van der Waals surface area contributed by atoms with Crippen molar-refractivity contribution in [3.8, 4) is 5.75 Å². The third kappa shape index (κ3) is 2.19. The highest BCUT2D eigenvalue weighted by Crippen LogP contribution is 2.37. The quantitative estimate of drug-likeness (QED) is 0.788. The Labute approximate surface area is 117 Å². The van der Waals surface area contributed by atoms with E-state index in [-0.39, 0.29) is 11.7 Å². The van der Waals surface area contributed by atoms with Gasteiger partial charge in [0.15, 0.2) is 5.78 Å². The van der Waals surface area contributed by atoms with Crippen LogP contribution >= 0.6 is 11.3 Å². The maximum atomic E-state index is 12.7. The number of fused-ring (bicyclic) bond motifs is 1. The van der Waals surface area contributed by atoms with Crippen LogP contribution in [-0.2, 0) is 6.42 Å². The van der Waals surface area contributed by atoms with Gasteiger partial charge >= 0.3 is 0 Å². The Morgan fingerprint density at radius 2 is 2.16 bits per heavy atom. The van der Waals surface area contributed by atoms with E-state index in [4.69, 9.17) is 4.74 Å². The highest BCUT2D eigenvalue weighted by atomic mass is 32.1. The van der Waals surface area contributed by atoms with Gasteiger partial charge in [-0.2, -0.15) is 0 Å². The van der Waals surface area contributed by atoms with Crippen molar-refractivity contribution in [3.05, 3.63) is 51.7 Å². The Balaban J connectivity index is 1.98. The molecule has 2 aromatic rings. The summed E-state index contributed by atoms with van der Waals surface area (Å²) in [5.41, 5.74) is 2.52. The average molecular weight is 272 g/mol. The van der Waals surface area contributed by atoms with Crippen LogP contribution in [0.1, 0.15) is 39.6 Å². The molecule has 0 fully saturated rings. The number of ketones is 1. The Morgan fingerprint density at radius 1 is 1.32 bits per heavy atom. The van der Waals surface area contributed by atoms with Crippen LogP contribution < -0.4 is 4.74 Å². The Hall–Kier alpha value is -1.61. The van der Waals surface area contributed by atoms with Gasteiger partial charge in [-0.15, -0.1) is 11.3 Å². The van der Waals surface area contributed by atoms with Gasteiger partial charge in [-0.1, -0.05) is 24.3 Å². The van der Waals surface area contributed by atoms with Crippen LogP contribution in [0, 0.1) is 0 Å². The molecule has 1 aromatic heterocycles. The third-order valence-electron chi connectivity index (χ3n) is 3.76. The second-order valence-corrected chi connectivity index (χ2v) is 5.74. The van der Waals surface area contributed by atoms with Crippen molar-refractivity contribution in [3.63, 3.8) is 0 Å². The zero-order valence-electron chi connectivity index (χ0n) is 10.9. The SMILES string of the molecule is COc1ccsc1C(=O)C1CCCc2ccccc21. The number of carbonyl (C=O) groups excluding carboxylic acids is 1. The number of hydrogen-bond acceptors (Lipinski definition) is 3. The number of ether oxygens (including phenoxy) is 1. The molecule has 3 heteroatoms. The molecule has 19 heavy (non-hydrogen) atoms. The molecule has 0 N–H and O–H groups in total. The summed E-state index contributed by atoms with van der Waals surface area (Å²) in [6, 6.07) is 10.2. The lowest BCUT2D eigenvalue weighted by molar-refractivity contribution is 0.0952. The molecule has 1 heterocycles. The Kier molecular flexibility index (Phi) is 3.38. The minimum absolute atomic E-state index is 0.00231. The maximum absolute atomic E-state index is 12.7. The van der Waals surface area contributed by atoms with E-state index in [9.17, 15) is 4.79 Å². The van der Waals surface area contributed by atoms with Crippen molar-refractivity contribution in [1.29, 1.82) is 0 Å². The molecular weight excluding hydrogens is 256 g/mol. The number of benzene rings is 1.